The zero-order valence-corrected chi connectivity index (χ0v) is 14.0. The van der Waals surface area contributed by atoms with Gasteiger partial charge in [0.05, 0.1) is 12.0 Å². The summed E-state index contributed by atoms with van der Waals surface area (Å²) in [5.74, 6) is 0.106. The Hall–Kier alpha value is -2.40. The summed E-state index contributed by atoms with van der Waals surface area (Å²) in [5, 5.41) is 6.52. The number of nitrogens with one attached hydrogen (secondary N) is 2. The summed E-state index contributed by atoms with van der Waals surface area (Å²) in [6.45, 7) is 3.11. The summed E-state index contributed by atoms with van der Waals surface area (Å²) >= 11 is 0. The van der Waals surface area contributed by atoms with Gasteiger partial charge >= 0.3 is 0 Å². The third-order valence-corrected chi connectivity index (χ3v) is 5.20. The van der Waals surface area contributed by atoms with Crippen molar-refractivity contribution in [3.8, 4) is 0 Å². The Morgan fingerprint density at radius 3 is 2.48 bits per heavy atom. The molecule has 2 N–H and O–H groups in total. The predicted molar refractivity (Wildman–Crippen MR) is 96.1 cm³/mol. The number of anilines is 1. The molecule has 130 valence electrons. The predicted octanol–water partition coefficient (Wildman–Crippen LogP) is 2.13. The zero-order chi connectivity index (χ0) is 17.2. The molecule has 2 aliphatic rings. The second-order valence-corrected chi connectivity index (χ2v) is 6.87. The van der Waals surface area contributed by atoms with Crippen molar-refractivity contribution < 1.29 is 9.18 Å². The number of carbonyl (C=O) groups is 1. The van der Waals surface area contributed by atoms with Gasteiger partial charge in [-0.2, -0.15) is 0 Å². The second kappa shape index (κ2) is 6.84. The minimum absolute atomic E-state index is 0.0257. The average Bonchev–Trinajstić information content (AvgIpc) is 3.09. The molecule has 2 atom stereocenters. The number of rotatable bonds is 4. The van der Waals surface area contributed by atoms with Gasteiger partial charge in [0, 0.05) is 37.8 Å². The fourth-order valence-electron chi connectivity index (χ4n) is 3.75. The van der Waals surface area contributed by atoms with E-state index >= 15 is 0 Å². The molecule has 2 fully saturated rings. The molecule has 0 aliphatic carbocycles. The molecule has 0 radical (unpaired) electrons. The monoisotopic (exact) mass is 339 g/mol. The average molecular weight is 339 g/mol. The number of nitrogens with zero attached hydrogens (tertiary/aromatic N) is 1. The molecule has 0 spiro atoms. The van der Waals surface area contributed by atoms with Crippen molar-refractivity contribution in [1.29, 1.82) is 0 Å². The van der Waals surface area contributed by atoms with Gasteiger partial charge in [-0.3, -0.25) is 4.79 Å². The van der Waals surface area contributed by atoms with Crippen LogP contribution in [0.4, 0.5) is 10.1 Å². The van der Waals surface area contributed by atoms with Gasteiger partial charge in [0.25, 0.3) is 0 Å². The SMILES string of the molecule is O=C(NC1CN(c2ccc(F)cc2)C1)[C@H]1CNC[C@@H]1c1ccccc1. The van der Waals surface area contributed by atoms with Crippen molar-refractivity contribution in [3.05, 3.63) is 66.0 Å². The Balaban J connectivity index is 1.33. The van der Waals surface area contributed by atoms with Gasteiger partial charge in [-0.25, -0.2) is 4.39 Å². The molecule has 2 aliphatic heterocycles. The van der Waals surface area contributed by atoms with E-state index in [1.807, 2.05) is 18.2 Å². The first-order valence-corrected chi connectivity index (χ1v) is 8.77. The molecule has 4 rings (SSSR count). The van der Waals surface area contributed by atoms with Gasteiger partial charge in [-0.1, -0.05) is 30.3 Å². The Morgan fingerprint density at radius 1 is 1.04 bits per heavy atom. The van der Waals surface area contributed by atoms with E-state index in [2.05, 4.69) is 27.7 Å². The molecule has 0 unspecified atom stereocenters. The molecule has 2 aromatic carbocycles. The third-order valence-electron chi connectivity index (χ3n) is 5.20. The van der Waals surface area contributed by atoms with Gasteiger partial charge in [-0.05, 0) is 29.8 Å². The lowest BCUT2D eigenvalue weighted by Crippen LogP contribution is -2.60. The van der Waals surface area contributed by atoms with Crippen LogP contribution >= 0.6 is 0 Å². The summed E-state index contributed by atoms with van der Waals surface area (Å²) < 4.78 is 13.0. The molecule has 2 saturated heterocycles. The first kappa shape index (κ1) is 16.1. The summed E-state index contributed by atoms with van der Waals surface area (Å²) in [7, 11) is 0. The Labute approximate surface area is 147 Å². The Morgan fingerprint density at radius 2 is 1.76 bits per heavy atom. The van der Waals surface area contributed by atoms with E-state index in [0.717, 1.165) is 31.9 Å². The van der Waals surface area contributed by atoms with E-state index in [1.54, 1.807) is 12.1 Å². The molecule has 0 aromatic heterocycles. The zero-order valence-electron chi connectivity index (χ0n) is 14.0. The van der Waals surface area contributed by atoms with E-state index in [9.17, 15) is 9.18 Å². The van der Waals surface area contributed by atoms with Gasteiger partial charge < -0.3 is 15.5 Å². The highest BCUT2D eigenvalue weighted by atomic mass is 19.1. The number of amides is 1. The summed E-state index contributed by atoms with van der Waals surface area (Å²) in [6, 6.07) is 16.9. The molecule has 2 heterocycles. The number of hydrogen-bond donors (Lipinski definition) is 2. The van der Waals surface area contributed by atoms with Crippen LogP contribution in [0.3, 0.4) is 0 Å². The minimum atomic E-state index is -0.227. The molecule has 1 amide bonds. The lowest BCUT2D eigenvalue weighted by molar-refractivity contribution is -0.125. The van der Waals surface area contributed by atoms with Crippen molar-refractivity contribution in [2.24, 2.45) is 5.92 Å². The second-order valence-electron chi connectivity index (χ2n) is 6.87. The minimum Gasteiger partial charge on any atom is -0.367 e. The van der Waals surface area contributed by atoms with Crippen LogP contribution in [0.2, 0.25) is 0 Å². The van der Waals surface area contributed by atoms with Crippen molar-refractivity contribution in [2.45, 2.75) is 12.0 Å². The standard InChI is InChI=1S/C20H22FN3O/c21-15-6-8-17(9-7-15)24-12-16(13-24)23-20(25)19-11-22-10-18(19)14-4-2-1-3-5-14/h1-9,16,18-19,22H,10-13H2,(H,23,25)/t18-,19+/m1/s1. The van der Waals surface area contributed by atoms with E-state index in [1.165, 1.54) is 17.7 Å². The molecule has 2 aromatic rings. The lowest BCUT2D eigenvalue weighted by Gasteiger charge is -2.41. The van der Waals surface area contributed by atoms with E-state index < -0.39 is 0 Å². The third kappa shape index (κ3) is 3.37. The van der Waals surface area contributed by atoms with Gasteiger partial charge in [0.15, 0.2) is 0 Å². The molecular formula is C20H22FN3O. The Bertz CT molecular complexity index is 728. The van der Waals surface area contributed by atoms with Gasteiger partial charge in [0.2, 0.25) is 5.91 Å². The molecule has 0 bridgehead atoms. The fourth-order valence-corrected chi connectivity index (χ4v) is 3.75. The molecule has 4 nitrogen and oxygen atoms in total. The van der Waals surface area contributed by atoms with Crippen molar-refractivity contribution in [2.75, 3.05) is 31.1 Å². The maximum Gasteiger partial charge on any atom is 0.225 e. The van der Waals surface area contributed by atoms with Crippen LogP contribution in [0, 0.1) is 11.7 Å². The molecule has 25 heavy (non-hydrogen) atoms. The molecule has 5 heteroatoms. The van der Waals surface area contributed by atoms with E-state index in [4.69, 9.17) is 0 Å². The topological polar surface area (TPSA) is 44.4 Å². The van der Waals surface area contributed by atoms with Crippen molar-refractivity contribution >= 4 is 11.6 Å². The summed E-state index contributed by atoms with van der Waals surface area (Å²) in [4.78, 5) is 14.8. The highest BCUT2D eigenvalue weighted by molar-refractivity contribution is 5.81. The quantitative estimate of drug-likeness (QED) is 0.897. The van der Waals surface area contributed by atoms with Crippen LogP contribution in [-0.4, -0.2) is 38.1 Å². The van der Waals surface area contributed by atoms with E-state index in [-0.39, 0.29) is 29.6 Å². The van der Waals surface area contributed by atoms with Crippen molar-refractivity contribution in [1.82, 2.24) is 10.6 Å². The lowest BCUT2D eigenvalue weighted by atomic mass is 9.88. The van der Waals surface area contributed by atoms with Crippen LogP contribution in [0.1, 0.15) is 11.5 Å². The van der Waals surface area contributed by atoms with Crippen LogP contribution in [0.15, 0.2) is 54.6 Å². The number of hydrogen-bond acceptors (Lipinski definition) is 3. The number of benzene rings is 2. The van der Waals surface area contributed by atoms with E-state index in [0.29, 0.717) is 0 Å². The maximum absolute atomic E-state index is 13.0. The first-order valence-electron chi connectivity index (χ1n) is 8.77. The maximum atomic E-state index is 13.0. The van der Waals surface area contributed by atoms with Crippen LogP contribution in [-0.2, 0) is 4.79 Å². The largest absolute Gasteiger partial charge is 0.367 e. The first-order chi connectivity index (χ1) is 12.2. The van der Waals surface area contributed by atoms with Crippen LogP contribution in [0.25, 0.3) is 0 Å². The van der Waals surface area contributed by atoms with Crippen LogP contribution < -0.4 is 15.5 Å². The van der Waals surface area contributed by atoms with Gasteiger partial charge in [0.1, 0.15) is 5.82 Å². The summed E-state index contributed by atoms with van der Waals surface area (Å²) in [5.41, 5.74) is 2.21. The van der Waals surface area contributed by atoms with Gasteiger partial charge in [-0.15, -0.1) is 0 Å². The highest BCUT2D eigenvalue weighted by Crippen LogP contribution is 2.29. The normalized spacial score (nSPS) is 23.3. The van der Waals surface area contributed by atoms with Crippen molar-refractivity contribution in [3.63, 3.8) is 0 Å². The highest BCUT2D eigenvalue weighted by Gasteiger charge is 2.36. The molecule has 0 saturated carbocycles. The fraction of sp³-hybridized carbons (Fsp3) is 0.350. The smallest absolute Gasteiger partial charge is 0.225 e. The summed E-state index contributed by atoms with van der Waals surface area (Å²) in [6.07, 6.45) is 0. The van der Waals surface area contributed by atoms with Crippen LogP contribution in [0.5, 0.6) is 0 Å². The molecular weight excluding hydrogens is 317 g/mol. The number of carbonyl (C=O) groups excluding carboxylic acids is 1. The Kier molecular flexibility index (Phi) is 4.40. The number of halogens is 1.